The normalized spacial score (nSPS) is 10.2. The first-order chi connectivity index (χ1) is 11.8. The number of aromatic amines is 2. The highest BCUT2D eigenvalue weighted by molar-refractivity contribution is 5.81. The number of rotatable bonds is 0. The number of fused-ring (bicyclic) bond motifs is 2. The molecular formula is C15H20N10O. The predicted octanol–water partition coefficient (Wildman–Crippen LogP) is 0.671. The average molecular weight is 356 g/mol. The number of nitrogen functional groups attached to an aromatic ring is 3. The van der Waals surface area contributed by atoms with Crippen LogP contribution in [0.25, 0.3) is 22.2 Å². The largest absolute Gasteiger partial charge is 0.382 e. The minimum Gasteiger partial charge on any atom is -0.382 e. The molecule has 0 radical (unpaired) electrons. The summed E-state index contributed by atoms with van der Waals surface area (Å²) in [6.45, 7) is 3.66. The van der Waals surface area contributed by atoms with Gasteiger partial charge < -0.3 is 22.2 Å². The van der Waals surface area contributed by atoms with E-state index in [1.54, 1.807) is 12.4 Å². The fourth-order valence-electron chi connectivity index (χ4n) is 2.24. The molecule has 11 heteroatoms. The van der Waals surface area contributed by atoms with Crippen LogP contribution in [-0.4, -0.2) is 34.9 Å². The second-order valence-corrected chi connectivity index (χ2v) is 5.30. The first-order valence-corrected chi connectivity index (χ1v) is 7.21. The summed E-state index contributed by atoms with van der Waals surface area (Å²) in [5.74, 6) is 0.510. The Labute approximate surface area is 148 Å². The first kappa shape index (κ1) is 18.6. The lowest BCUT2D eigenvalue weighted by Crippen LogP contribution is -2.10. The smallest absolute Gasteiger partial charge is 0.262 e. The molecule has 0 atom stereocenters. The molecule has 8 N–H and O–H groups in total. The maximum Gasteiger partial charge on any atom is 0.262 e. The van der Waals surface area contributed by atoms with Crippen molar-refractivity contribution in [2.75, 3.05) is 17.2 Å². The number of hydrogen-bond donors (Lipinski definition) is 5. The van der Waals surface area contributed by atoms with Gasteiger partial charge in [0.25, 0.3) is 5.56 Å². The third-order valence-electron chi connectivity index (χ3n) is 3.33. The van der Waals surface area contributed by atoms with Crippen molar-refractivity contribution in [3.8, 4) is 0 Å². The molecule has 0 aliphatic rings. The molecule has 0 unspecified atom stereocenters. The van der Waals surface area contributed by atoms with Crippen molar-refractivity contribution in [3.05, 3.63) is 34.0 Å². The molecule has 0 bridgehead atoms. The number of nitrogens with two attached hydrogens (primary N) is 3. The van der Waals surface area contributed by atoms with Gasteiger partial charge in [-0.25, -0.2) is 9.97 Å². The molecule has 0 saturated heterocycles. The highest BCUT2D eigenvalue weighted by atomic mass is 16.1. The van der Waals surface area contributed by atoms with Crippen LogP contribution in [0, 0.1) is 13.8 Å². The van der Waals surface area contributed by atoms with Crippen molar-refractivity contribution in [2.45, 2.75) is 21.3 Å². The van der Waals surface area contributed by atoms with Crippen LogP contribution in [0.15, 0.2) is 17.2 Å². The zero-order valence-corrected chi connectivity index (χ0v) is 13.5. The van der Waals surface area contributed by atoms with Crippen molar-refractivity contribution in [2.24, 2.45) is 0 Å². The average Bonchev–Trinajstić information content (AvgIpc) is 2.90. The van der Waals surface area contributed by atoms with E-state index in [1.165, 1.54) is 0 Å². The van der Waals surface area contributed by atoms with E-state index in [9.17, 15) is 4.79 Å². The van der Waals surface area contributed by atoms with Crippen LogP contribution in [0.4, 0.5) is 17.7 Å². The molecule has 0 aliphatic carbocycles. The number of aryl methyl sites for hydroxylation is 2. The van der Waals surface area contributed by atoms with E-state index < -0.39 is 0 Å². The number of anilines is 3. The van der Waals surface area contributed by atoms with Crippen molar-refractivity contribution < 1.29 is 0 Å². The Morgan fingerprint density at radius 1 is 1.04 bits per heavy atom. The molecule has 4 aromatic rings. The van der Waals surface area contributed by atoms with Gasteiger partial charge in [0.05, 0.1) is 17.3 Å². The number of hydrogen-bond acceptors (Lipinski definition) is 9. The summed E-state index contributed by atoms with van der Waals surface area (Å²) in [7, 11) is 0. The van der Waals surface area contributed by atoms with Crippen LogP contribution in [-0.2, 0) is 0 Å². The van der Waals surface area contributed by atoms with E-state index in [1.807, 2.05) is 13.8 Å². The van der Waals surface area contributed by atoms with Gasteiger partial charge in [-0.3, -0.25) is 9.78 Å². The molecule has 11 nitrogen and oxygen atoms in total. The fraction of sp³-hybridized carbons (Fsp3) is 0.200. The van der Waals surface area contributed by atoms with Gasteiger partial charge in [0.15, 0.2) is 17.0 Å². The monoisotopic (exact) mass is 356 g/mol. The van der Waals surface area contributed by atoms with Crippen molar-refractivity contribution in [1.82, 2.24) is 34.9 Å². The Balaban J connectivity index is 0.000000180. The van der Waals surface area contributed by atoms with E-state index in [0.717, 1.165) is 11.3 Å². The van der Waals surface area contributed by atoms with Crippen molar-refractivity contribution >= 4 is 39.9 Å². The van der Waals surface area contributed by atoms with Gasteiger partial charge >= 0.3 is 0 Å². The number of nitrogens with one attached hydrogen (secondary N) is 2. The van der Waals surface area contributed by atoms with Crippen LogP contribution < -0.4 is 22.8 Å². The SMILES string of the molecule is C.Cc1c[nH]c2nc(N)[nH]c(=O)c12.Cc1cnc2nc(N)nc(N)c2n1. The summed E-state index contributed by atoms with van der Waals surface area (Å²) in [4.78, 5) is 36.4. The van der Waals surface area contributed by atoms with E-state index in [0.29, 0.717) is 22.2 Å². The van der Waals surface area contributed by atoms with E-state index in [-0.39, 0.29) is 30.7 Å². The van der Waals surface area contributed by atoms with E-state index >= 15 is 0 Å². The Morgan fingerprint density at radius 2 is 1.77 bits per heavy atom. The summed E-state index contributed by atoms with van der Waals surface area (Å²) in [5.41, 5.74) is 19.2. The van der Waals surface area contributed by atoms with Gasteiger partial charge in [-0.15, -0.1) is 0 Å². The molecule has 0 saturated carbocycles. The molecule has 4 rings (SSSR count). The zero-order chi connectivity index (χ0) is 18.1. The van der Waals surface area contributed by atoms with Gasteiger partial charge in [-0.05, 0) is 19.4 Å². The summed E-state index contributed by atoms with van der Waals surface area (Å²) < 4.78 is 0. The van der Waals surface area contributed by atoms with Crippen LogP contribution >= 0.6 is 0 Å². The van der Waals surface area contributed by atoms with Gasteiger partial charge in [0.2, 0.25) is 11.9 Å². The lowest BCUT2D eigenvalue weighted by atomic mass is 10.3. The highest BCUT2D eigenvalue weighted by Crippen LogP contribution is 2.13. The lowest BCUT2D eigenvalue weighted by Gasteiger charge is -2.00. The summed E-state index contributed by atoms with van der Waals surface area (Å²) in [6, 6.07) is 0. The quantitative estimate of drug-likeness (QED) is 0.301. The van der Waals surface area contributed by atoms with Crippen LogP contribution in [0.1, 0.15) is 18.7 Å². The second-order valence-electron chi connectivity index (χ2n) is 5.30. The number of nitrogens with zero attached hydrogens (tertiary/aromatic N) is 5. The minimum absolute atomic E-state index is 0. The number of H-pyrrole nitrogens is 2. The standard InChI is InChI=1S/C7H8N6.C7H8N4O.CH4/c1-3-2-10-6-4(11-3)5(8)12-7(9)13-6;1-3-2-9-5-4(3)6(12)11-7(8)10-5;/h2H,1H3,(H4,8,9,10,12,13);2H,1H3,(H4,8,9,10,11,12);1H4. The van der Waals surface area contributed by atoms with Crippen molar-refractivity contribution in [1.29, 1.82) is 0 Å². The van der Waals surface area contributed by atoms with Gasteiger partial charge in [-0.2, -0.15) is 15.0 Å². The maximum absolute atomic E-state index is 11.3. The van der Waals surface area contributed by atoms with E-state index in [2.05, 4.69) is 34.9 Å². The highest BCUT2D eigenvalue weighted by Gasteiger charge is 2.06. The lowest BCUT2D eigenvalue weighted by molar-refractivity contribution is 1.12. The molecular weight excluding hydrogens is 336 g/mol. The molecule has 0 aliphatic heterocycles. The molecule has 0 spiro atoms. The van der Waals surface area contributed by atoms with Crippen LogP contribution in [0.2, 0.25) is 0 Å². The number of aromatic nitrogens is 7. The van der Waals surface area contributed by atoms with Crippen LogP contribution in [0.5, 0.6) is 0 Å². The summed E-state index contributed by atoms with van der Waals surface area (Å²) >= 11 is 0. The predicted molar refractivity (Wildman–Crippen MR) is 101 cm³/mol. The Kier molecular flexibility index (Phi) is 5.01. The van der Waals surface area contributed by atoms with Gasteiger partial charge in [-0.1, -0.05) is 7.43 Å². The second kappa shape index (κ2) is 7.01. The molecule has 4 aromatic heterocycles. The maximum atomic E-state index is 11.3. The molecule has 4 heterocycles. The fourth-order valence-corrected chi connectivity index (χ4v) is 2.24. The third kappa shape index (κ3) is 3.50. The summed E-state index contributed by atoms with van der Waals surface area (Å²) in [5, 5.41) is 0.573. The van der Waals surface area contributed by atoms with Gasteiger partial charge in [0, 0.05) is 6.20 Å². The van der Waals surface area contributed by atoms with Crippen molar-refractivity contribution in [3.63, 3.8) is 0 Å². The minimum atomic E-state index is -0.198. The molecule has 136 valence electrons. The summed E-state index contributed by atoms with van der Waals surface area (Å²) in [6.07, 6.45) is 3.33. The third-order valence-corrected chi connectivity index (χ3v) is 3.33. The van der Waals surface area contributed by atoms with Gasteiger partial charge in [0.1, 0.15) is 5.65 Å². The van der Waals surface area contributed by atoms with E-state index in [4.69, 9.17) is 17.2 Å². The first-order valence-electron chi connectivity index (χ1n) is 7.21. The topological polar surface area (TPSA) is 191 Å². The molecule has 0 aromatic carbocycles. The molecule has 26 heavy (non-hydrogen) atoms. The Morgan fingerprint density at radius 3 is 2.50 bits per heavy atom. The zero-order valence-electron chi connectivity index (χ0n) is 13.5. The Hall–Kier alpha value is -3.76. The van der Waals surface area contributed by atoms with Crippen LogP contribution in [0.3, 0.4) is 0 Å². The molecule has 0 fully saturated rings. The Bertz CT molecular complexity index is 1130. The molecule has 0 amide bonds.